The molecule has 3 heteroatoms. The Morgan fingerprint density at radius 2 is 2.11 bits per heavy atom. The Kier molecular flexibility index (Phi) is 5.48. The van der Waals surface area contributed by atoms with Crippen LogP contribution in [-0.2, 0) is 6.54 Å². The Labute approximate surface area is 115 Å². The summed E-state index contributed by atoms with van der Waals surface area (Å²) in [7, 11) is 2.20. The molecule has 0 spiro atoms. The summed E-state index contributed by atoms with van der Waals surface area (Å²) in [6.45, 7) is 4.56. The van der Waals surface area contributed by atoms with Gasteiger partial charge in [0.15, 0.2) is 0 Å². The minimum absolute atomic E-state index is 0.833. The van der Waals surface area contributed by atoms with Crippen molar-refractivity contribution < 1.29 is 0 Å². The molecule has 2 nitrogen and oxygen atoms in total. The number of nitrogens with one attached hydrogen (secondary N) is 1. The highest BCUT2D eigenvalue weighted by Crippen LogP contribution is 2.17. The molecule has 1 fully saturated rings. The Morgan fingerprint density at radius 1 is 1.33 bits per heavy atom. The zero-order valence-electron chi connectivity index (χ0n) is 11.2. The number of piperidine rings is 1. The van der Waals surface area contributed by atoms with Gasteiger partial charge >= 0.3 is 0 Å². The Bertz CT molecular complexity index is 361. The second-order valence-corrected chi connectivity index (χ2v) is 5.79. The van der Waals surface area contributed by atoms with Crippen LogP contribution >= 0.6 is 11.6 Å². The van der Waals surface area contributed by atoms with Gasteiger partial charge in [0.05, 0.1) is 0 Å². The van der Waals surface area contributed by atoms with Crippen molar-refractivity contribution in [2.45, 2.75) is 25.8 Å². The van der Waals surface area contributed by atoms with E-state index in [1.165, 1.54) is 44.5 Å². The van der Waals surface area contributed by atoms with Crippen LogP contribution in [0.3, 0.4) is 0 Å². The third kappa shape index (κ3) is 4.60. The Hall–Kier alpha value is -0.570. The fourth-order valence-electron chi connectivity index (χ4n) is 2.60. The predicted molar refractivity (Wildman–Crippen MR) is 78.0 cm³/mol. The third-order valence-electron chi connectivity index (χ3n) is 3.72. The first-order valence-electron chi connectivity index (χ1n) is 6.88. The van der Waals surface area contributed by atoms with E-state index in [2.05, 4.69) is 29.4 Å². The summed E-state index contributed by atoms with van der Waals surface area (Å²) in [5.41, 5.74) is 1.30. The van der Waals surface area contributed by atoms with Crippen molar-refractivity contribution in [3.8, 4) is 0 Å². The van der Waals surface area contributed by atoms with Gasteiger partial charge in [-0.1, -0.05) is 23.7 Å². The van der Waals surface area contributed by atoms with Crippen LogP contribution < -0.4 is 5.32 Å². The van der Waals surface area contributed by atoms with Gasteiger partial charge in [0.2, 0.25) is 0 Å². The maximum Gasteiger partial charge on any atom is 0.0409 e. The van der Waals surface area contributed by atoms with E-state index in [4.69, 9.17) is 11.6 Å². The summed E-state index contributed by atoms with van der Waals surface area (Å²) in [6, 6.07) is 8.16. The highest BCUT2D eigenvalue weighted by Gasteiger charge is 2.13. The smallest absolute Gasteiger partial charge is 0.0409 e. The van der Waals surface area contributed by atoms with Crippen molar-refractivity contribution in [3.63, 3.8) is 0 Å². The van der Waals surface area contributed by atoms with Gasteiger partial charge < -0.3 is 10.2 Å². The summed E-state index contributed by atoms with van der Waals surface area (Å²) in [6.07, 6.45) is 3.99. The average Bonchev–Trinajstić information content (AvgIpc) is 2.38. The normalized spacial score (nSPS) is 17.3. The molecule has 0 saturated carbocycles. The van der Waals surface area contributed by atoms with Gasteiger partial charge in [-0.05, 0) is 69.6 Å². The first-order chi connectivity index (χ1) is 8.74. The zero-order valence-corrected chi connectivity index (χ0v) is 11.9. The molecule has 0 bridgehead atoms. The predicted octanol–water partition coefficient (Wildman–Crippen LogP) is 3.16. The molecular formula is C15H23ClN2. The lowest BCUT2D eigenvalue weighted by molar-refractivity contribution is 0.266. The second kappa shape index (κ2) is 7.13. The van der Waals surface area contributed by atoms with Crippen molar-refractivity contribution in [3.05, 3.63) is 34.9 Å². The number of nitrogens with zero attached hydrogens (tertiary/aromatic N) is 1. The molecule has 1 aromatic carbocycles. The first kappa shape index (κ1) is 13.9. The van der Waals surface area contributed by atoms with Crippen molar-refractivity contribution in [1.82, 2.24) is 10.2 Å². The second-order valence-electron chi connectivity index (χ2n) is 5.35. The number of benzene rings is 1. The van der Waals surface area contributed by atoms with Crippen LogP contribution in [0.2, 0.25) is 5.02 Å². The molecular weight excluding hydrogens is 244 g/mol. The van der Waals surface area contributed by atoms with E-state index >= 15 is 0 Å². The molecule has 1 heterocycles. The van der Waals surface area contributed by atoms with Crippen molar-refractivity contribution in [2.75, 3.05) is 26.7 Å². The quantitative estimate of drug-likeness (QED) is 0.881. The maximum absolute atomic E-state index is 6.00. The molecule has 0 atom stereocenters. The Morgan fingerprint density at radius 3 is 2.83 bits per heavy atom. The topological polar surface area (TPSA) is 15.3 Å². The molecule has 18 heavy (non-hydrogen) atoms. The molecule has 0 unspecified atom stereocenters. The molecule has 0 radical (unpaired) electrons. The fourth-order valence-corrected chi connectivity index (χ4v) is 2.81. The van der Waals surface area contributed by atoms with Gasteiger partial charge in [0, 0.05) is 11.6 Å². The molecule has 100 valence electrons. The summed E-state index contributed by atoms with van der Waals surface area (Å²) >= 11 is 6.00. The van der Waals surface area contributed by atoms with E-state index < -0.39 is 0 Å². The standard InChI is InChI=1S/C15H23ClN2/c1-18(10-7-13-5-8-17-9-6-13)12-14-3-2-4-15(16)11-14/h2-4,11,13,17H,5-10,12H2,1H3. The van der Waals surface area contributed by atoms with Gasteiger partial charge in [-0.3, -0.25) is 0 Å². The van der Waals surface area contributed by atoms with Crippen molar-refractivity contribution in [2.24, 2.45) is 5.92 Å². The maximum atomic E-state index is 6.00. The minimum Gasteiger partial charge on any atom is -0.317 e. The SMILES string of the molecule is CN(CCC1CCNCC1)Cc1cccc(Cl)c1. The van der Waals surface area contributed by atoms with Crippen LogP contribution in [0.4, 0.5) is 0 Å². The number of hydrogen-bond donors (Lipinski definition) is 1. The summed E-state index contributed by atoms with van der Waals surface area (Å²) < 4.78 is 0. The largest absolute Gasteiger partial charge is 0.317 e. The lowest BCUT2D eigenvalue weighted by Crippen LogP contribution is -2.30. The molecule has 1 saturated heterocycles. The number of rotatable bonds is 5. The molecule has 1 aliphatic rings. The van der Waals surface area contributed by atoms with Crippen LogP contribution in [0, 0.1) is 5.92 Å². The molecule has 2 rings (SSSR count). The number of halogens is 1. The zero-order chi connectivity index (χ0) is 12.8. The molecule has 0 aromatic heterocycles. The van der Waals surface area contributed by atoms with Gasteiger partial charge in [0.25, 0.3) is 0 Å². The number of hydrogen-bond acceptors (Lipinski definition) is 2. The molecule has 1 aromatic rings. The van der Waals surface area contributed by atoms with E-state index in [0.717, 1.165) is 17.5 Å². The average molecular weight is 267 g/mol. The van der Waals surface area contributed by atoms with Crippen LogP contribution in [0.1, 0.15) is 24.8 Å². The van der Waals surface area contributed by atoms with E-state index in [1.807, 2.05) is 12.1 Å². The highest BCUT2D eigenvalue weighted by molar-refractivity contribution is 6.30. The van der Waals surface area contributed by atoms with Gasteiger partial charge in [-0.15, -0.1) is 0 Å². The lowest BCUT2D eigenvalue weighted by atomic mass is 9.94. The highest BCUT2D eigenvalue weighted by atomic mass is 35.5. The van der Waals surface area contributed by atoms with Crippen LogP contribution in [0.15, 0.2) is 24.3 Å². The van der Waals surface area contributed by atoms with Gasteiger partial charge in [-0.2, -0.15) is 0 Å². The monoisotopic (exact) mass is 266 g/mol. The fraction of sp³-hybridized carbons (Fsp3) is 0.600. The van der Waals surface area contributed by atoms with E-state index in [0.29, 0.717) is 0 Å². The van der Waals surface area contributed by atoms with E-state index in [-0.39, 0.29) is 0 Å². The van der Waals surface area contributed by atoms with E-state index in [1.54, 1.807) is 0 Å². The molecule has 1 N–H and O–H groups in total. The minimum atomic E-state index is 0.833. The van der Waals surface area contributed by atoms with Crippen molar-refractivity contribution in [1.29, 1.82) is 0 Å². The van der Waals surface area contributed by atoms with Crippen LogP contribution in [0.25, 0.3) is 0 Å². The molecule has 1 aliphatic heterocycles. The third-order valence-corrected chi connectivity index (χ3v) is 3.95. The summed E-state index contributed by atoms with van der Waals surface area (Å²) in [5.74, 6) is 0.910. The summed E-state index contributed by atoms with van der Waals surface area (Å²) in [4.78, 5) is 2.40. The first-order valence-corrected chi connectivity index (χ1v) is 7.25. The molecule has 0 aliphatic carbocycles. The van der Waals surface area contributed by atoms with Gasteiger partial charge in [-0.25, -0.2) is 0 Å². The van der Waals surface area contributed by atoms with Crippen molar-refractivity contribution >= 4 is 11.6 Å². The summed E-state index contributed by atoms with van der Waals surface area (Å²) in [5, 5.41) is 4.25. The van der Waals surface area contributed by atoms with Crippen LogP contribution in [-0.4, -0.2) is 31.6 Å². The van der Waals surface area contributed by atoms with E-state index in [9.17, 15) is 0 Å². The van der Waals surface area contributed by atoms with Gasteiger partial charge in [0.1, 0.15) is 0 Å². The lowest BCUT2D eigenvalue weighted by Gasteiger charge is -2.25. The Balaban J connectivity index is 1.72. The van der Waals surface area contributed by atoms with Crippen LogP contribution in [0.5, 0.6) is 0 Å². The molecule has 0 amide bonds.